The van der Waals surface area contributed by atoms with Crippen LogP contribution in [0, 0.1) is 17.5 Å². The van der Waals surface area contributed by atoms with E-state index in [1.54, 1.807) is 9.80 Å². The predicted octanol–water partition coefficient (Wildman–Crippen LogP) is 4.77. The minimum atomic E-state index is -1.47. The molecule has 0 radical (unpaired) electrons. The van der Waals surface area contributed by atoms with Crippen LogP contribution in [0.2, 0.25) is 5.02 Å². The van der Waals surface area contributed by atoms with Crippen molar-refractivity contribution in [1.29, 1.82) is 0 Å². The minimum Gasteiger partial charge on any atom is -0.368 e. The molecule has 10 heteroatoms. The van der Waals surface area contributed by atoms with Crippen LogP contribution in [-0.4, -0.2) is 72.1 Å². The van der Waals surface area contributed by atoms with E-state index >= 15 is 0 Å². The van der Waals surface area contributed by atoms with Crippen LogP contribution in [0.4, 0.5) is 24.5 Å². The van der Waals surface area contributed by atoms with Crippen LogP contribution < -0.4 is 9.80 Å². The van der Waals surface area contributed by atoms with Crippen molar-refractivity contribution in [3.8, 4) is 0 Å². The summed E-state index contributed by atoms with van der Waals surface area (Å²) in [6.45, 7) is 7.39. The Hall–Kier alpha value is -3.17. The van der Waals surface area contributed by atoms with E-state index in [0.29, 0.717) is 25.3 Å². The zero-order chi connectivity index (χ0) is 27.0. The molecule has 3 heterocycles. The molecule has 2 aliphatic heterocycles. The number of para-hydroxylation sites is 1. The maximum atomic E-state index is 13.7. The Balaban J connectivity index is 1.19. The van der Waals surface area contributed by atoms with Crippen LogP contribution >= 0.6 is 11.6 Å². The summed E-state index contributed by atoms with van der Waals surface area (Å²) in [6, 6.07) is 11.7. The number of nitrogens with zero attached hydrogens (tertiary/aromatic N) is 5. The fraction of sp³-hybridized carbons (Fsp3) is 0.393. The summed E-state index contributed by atoms with van der Waals surface area (Å²) in [5.41, 5.74) is 3.01. The van der Waals surface area contributed by atoms with Crippen LogP contribution in [0.3, 0.4) is 0 Å². The third kappa shape index (κ3) is 5.35. The van der Waals surface area contributed by atoms with Crippen molar-refractivity contribution in [2.45, 2.75) is 19.5 Å². The van der Waals surface area contributed by atoms with Crippen LogP contribution in [0.1, 0.15) is 23.0 Å². The second-order valence-corrected chi connectivity index (χ2v) is 10.5. The number of aryl methyl sites for hydroxylation is 1. The molecule has 2 fully saturated rings. The number of halogens is 4. The fourth-order valence-electron chi connectivity index (χ4n) is 5.41. The number of rotatable bonds is 5. The van der Waals surface area contributed by atoms with Gasteiger partial charge in [-0.25, -0.2) is 13.2 Å². The third-order valence-electron chi connectivity index (χ3n) is 7.47. The molecule has 1 amide bonds. The Morgan fingerprint density at radius 3 is 2.26 bits per heavy atom. The standard InChI is InChI=1S/C28H31ClF3N5O/c1-19-16-36(21-14-23(30)27(32)24(31)15-21)11-12-37(19)28(38)26-13-20(17-33(26)2)18-34-7-9-35(10-8-34)25-6-4-3-5-22(25)29/h3-6,13-15,17,19H,7-12,16,18H2,1-2H3. The van der Waals surface area contributed by atoms with Crippen molar-refractivity contribution in [1.82, 2.24) is 14.4 Å². The van der Waals surface area contributed by atoms with Crippen LogP contribution in [0.25, 0.3) is 0 Å². The van der Waals surface area contributed by atoms with E-state index in [1.165, 1.54) is 0 Å². The summed E-state index contributed by atoms with van der Waals surface area (Å²) < 4.78 is 42.7. The van der Waals surface area contributed by atoms with Gasteiger partial charge >= 0.3 is 0 Å². The summed E-state index contributed by atoms with van der Waals surface area (Å²) in [4.78, 5) is 21.7. The topological polar surface area (TPSA) is 35.0 Å². The zero-order valence-corrected chi connectivity index (χ0v) is 22.3. The SMILES string of the molecule is CC1CN(c2cc(F)c(F)c(F)c2)CCN1C(=O)c1cc(CN2CCN(c3ccccc3Cl)CC2)cn1C. The van der Waals surface area contributed by atoms with Gasteiger partial charge in [-0.15, -0.1) is 0 Å². The van der Waals surface area contributed by atoms with Crippen molar-refractivity contribution in [3.63, 3.8) is 0 Å². The van der Waals surface area contributed by atoms with E-state index in [0.717, 1.165) is 61.1 Å². The minimum absolute atomic E-state index is 0.0779. The molecule has 0 saturated carbocycles. The number of carbonyl (C=O) groups is 1. The van der Waals surface area contributed by atoms with Crippen molar-refractivity contribution in [3.05, 3.63) is 82.4 Å². The highest BCUT2D eigenvalue weighted by molar-refractivity contribution is 6.33. The molecule has 2 aromatic carbocycles. The molecule has 2 aliphatic rings. The molecule has 6 nitrogen and oxygen atoms in total. The average Bonchev–Trinajstić information content (AvgIpc) is 3.27. The number of piperazine rings is 2. The normalized spacial score (nSPS) is 18.8. The van der Waals surface area contributed by atoms with Crippen molar-refractivity contribution >= 4 is 28.9 Å². The van der Waals surface area contributed by atoms with Crippen molar-refractivity contribution in [2.75, 3.05) is 55.6 Å². The average molecular weight is 546 g/mol. The molecule has 0 aliphatic carbocycles. The molecule has 3 aromatic rings. The molecule has 0 bridgehead atoms. The van der Waals surface area contributed by atoms with Crippen LogP contribution in [0.15, 0.2) is 48.7 Å². The Bertz CT molecular complexity index is 1300. The lowest BCUT2D eigenvalue weighted by atomic mass is 10.1. The van der Waals surface area contributed by atoms with E-state index in [-0.39, 0.29) is 17.6 Å². The van der Waals surface area contributed by atoms with E-state index in [4.69, 9.17) is 11.6 Å². The number of carbonyl (C=O) groups excluding carboxylic acids is 1. The molecule has 0 N–H and O–H groups in total. The molecule has 1 atom stereocenters. The molecule has 1 unspecified atom stereocenters. The first kappa shape index (κ1) is 26.4. The Labute approximate surface area is 225 Å². The van der Waals surface area contributed by atoms with Gasteiger partial charge in [0.15, 0.2) is 17.5 Å². The maximum Gasteiger partial charge on any atom is 0.270 e. The molecular formula is C28H31ClF3N5O. The highest BCUT2D eigenvalue weighted by Crippen LogP contribution is 2.27. The Kier molecular flexibility index (Phi) is 7.59. The van der Waals surface area contributed by atoms with Gasteiger partial charge in [0.25, 0.3) is 5.91 Å². The summed E-state index contributed by atoms with van der Waals surface area (Å²) in [5, 5.41) is 0.763. The van der Waals surface area contributed by atoms with Crippen LogP contribution in [-0.2, 0) is 13.6 Å². The highest BCUT2D eigenvalue weighted by atomic mass is 35.5. The molecule has 202 valence electrons. The number of anilines is 2. The number of hydrogen-bond acceptors (Lipinski definition) is 4. The monoisotopic (exact) mass is 545 g/mol. The quantitative estimate of drug-likeness (QED) is 0.433. The first-order valence-corrected chi connectivity index (χ1v) is 13.2. The van der Waals surface area contributed by atoms with E-state index < -0.39 is 17.5 Å². The molecule has 2 saturated heterocycles. The van der Waals surface area contributed by atoms with Gasteiger partial charge in [-0.1, -0.05) is 23.7 Å². The Morgan fingerprint density at radius 2 is 1.61 bits per heavy atom. The first-order valence-electron chi connectivity index (χ1n) is 12.8. The van der Waals surface area contributed by atoms with Gasteiger partial charge in [0.2, 0.25) is 0 Å². The van der Waals surface area contributed by atoms with Gasteiger partial charge in [0.05, 0.1) is 10.7 Å². The second kappa shape index (κ2) is 10.9. The lowest BCUT2D eigenvalue weighted by Gasteiger charge is -2.41. The first-order chi connectivity index (χ1) is 18.2. The molecular weight excluding hydrogens is 515 g/mol. The molecule has 0 spiro atoms. The predicted molar refractivity (Wildman–Crippen MR) is 143 cm³/mol. The zero-order valence-electron chi connectivity index (χ0n) is 21.5. The summed E-state index contributed by atoms with van der Waals surface area (Å²) in [6.07, 6.45) is 2.00. The van der Waals surface area contributed by atoms with Gasteiger partial charge in [-0.2, -0.15) is 0 Å². The number of hydrogen-bond donors (Lipinski definition) is 0. The highest BCUT2D eigenvalue weighted by Gasteiger charge is 2.30. The van der Waals surface area contributed by atoms with Gasteiger partial charge in [0, 0.05) is 89.5 Å². The van der Waals surface area contributed by atoms with Gasteiger partial charge in [-0.05, 0) is 30.7 Å². The molecule has 1 aromatic heterocycles. The maximum absolute atomic E-state index is 13.7. The number of amides is 1. The molecule has 5 rings (SSSR count). The smallest absolute Gasteiger partial charge is 0.270 e. The summed E-state index contributed by atoms with van der Waals surface area (Å²) in [7, 11) is 1.87. The van der Waals surface area contributed by atoms with E-state index in [2.05, 4.69) is 9.80 Å². The number of benzene rings is 2. The number of aromatic nitrogens is 1. The van der Waals surface area contributed by atoms with E-state index in [1.807, 2.05) is 55.1 Å². The molecule has 38 heavy (non-hydrogen) atoms. The fourth-order valence-corrected chi connectivity index (χ4v) is 5.67. The Morgan fingerprint density at radius 1 is 0.947 bits per heavy atom. The van der Waals surface area contributed by atoms with E-state index in [9.17, 15) is 18.0 Å². The van der Waals surface area contributed by atoms with Crippen molar-refractivity contribution < 1.29 is 18.0 Å². The lowest BCUT2D eigenvalue weighted by Crippen LogP contribution is -2.54. The summed E-state index contributed by atoms with van der Waals surface area (Å²) >= 11 is 6.36. The third-order valence-corrected chi connectivity index (χ3v) is 7.79. The van der Waals surface area contributed by atoms with Gasteiger partial charge < -0.3 is 19.3 Å². The van der Waals surface area contributed by atoms with Crippen LogP contribution in [0.5, 0.6) is 0 Å². The summed E-state index contributed by atoms with van der Waals surface area (Å²) in [5.74, 6) is -3.98. The second-order valence-electron chi connectivity index (χ2n) is 10.1. The van der Waals surface area contributed by atoms with Gasteiger partial charge in [0.1, 0.15) is 5.69 Å². The largest absolute Gasteiger partial charge is 0.368 e. The van der Waals surface area contributed by atoms with Crippen molar-refractivity contribution in [2.24, 2.45) is 7.05 Å². The lowest BCUT2D eigenvalue weighted by molar-refractivity contribution is 0.0664. The van der Waals surface area contributed by atoms with Gasteiger partial charge in [-0.3, -0.25) is 9.69 Å².